The zero-order chi connectivity index (χ0) is 16.8. The van der Waals surface area contributed by atoms with E-state index in [-0.39, 0.29) is 12.3 Å². The summed E-state index contributed by atoms with van der Waals surface area (Å²) in [6.45, 7) is 0. The Morgan fingerprint density at radius 3 is 2.17 bits per heavy atom. The predicted molar refractivity (Wildman–Crippen MR) is 94.0 cm³/mol. The van der Waals surface area contributed by atoms with Crippen LogP contribution in [0.15, 0.2) is 79.1 Å². The summed E-state index contributed by atoms with van der Waals surface area (Å²) in [5.41, 5.74) is 4.43. The summed E-state index contributed by atoms with van der Waals surface area (Å²) in [5, 5.41) is 8.87. The minimum Gasteiger partial charge on any atom is -0.481 e. The highest BCUT2D eigenvalue weighted by Gasteiger charge is 2.15. The molecule has 120 valence electrons. The standard InChI is InChI=1S/C21H19NO2/c23-21(24)14-17-10-8-16(9-11-17)13-20(18-5-2-1-3-6-18)19-7-4-12-22-15-19/h1-12,15,20H,13-14H2,(H,23,24). The molecule has 0 saturated heterocycles. The summed E-state index contributed by atoms with van der Waals surface area (Å²) >= 11 is 0. The van der Waals surface area contributed by atoms with Gasteiger partial charge in [0.2, 0.25) is 0 Å². The zero-order valence-corrected chi connectivity index (χ0v) is 13.3. The maximum Gasteiger partial charge on any atom is 0.307 e. The first-order chi connectivity index (χ1) is 11.7. The van der Waals surface area contributed by atoms with Crippen molar-refractivity contribution < 1.29 is 9.90 Å². The van der Waals surface area contributed by atoms with Gasteiger partial charge < -0.3 is 5.11 Å². The molecule has 0 amide bonds. The molecular weight excluding hydrogens is 298 g/mol. The molecule has 0 aliphatic heterocycles. The number of hydrogen-bond donors (Lipinski definition) is 1. The normalized spacial score (nSPS) is 11.8. The molecular formula is C21H19NO2. The Hall–Kier alpha value is -2.94. The second-order valence-corrected chi connectivity index (χ2v) is 5.84. The minimum atomic E-state index is -0.805. The second kappa shape index (κ2) is 7.55. The molecule has 24 heavy (non-hydrogen) atoms. The molecule has 3 nitrogen and oxygen atoms in total. The highest BCUT2D eigenvalue weighted by molar-refractivity contribution is 5.70. The molecule has 1 unspecified atom stereocenters. The molecule has 3 heteroatoms. The van der Waals surface area contributed by atoms with Crippen LogP contribution in [0.1, 0.15) is 28.2 Å². The third-order valence-corrected chi connectivity index (χ3v) is 4.11. The van der Waals surface area contributed by atoms with Gasteiger partial charge in [-0.1, -0.05) is 60.7 Å². The van der Waals surface area contributed by atoms with E-state index < -0.39 is 5.97 Å². The number of hydrogen-bond acceptors (Lipinski definition) is 2. The Labute approximate surface area is 141 Å². The molecule has 0 fully saturated rings. The van der Waals surface area contributed by atoms with E-state index in [2.05, 4.69) is 35.3 Å². The maximum absolute atomic E-state index is 10.8. The Morgan fingerprint density at radius 2 is 1.54 bits per heavy atom. The molecule has 1 heterocycles. The molecule has 2 aromatic carbocycles. The van der Waals surface area contributed by atoms with Gasteiger partial charge in [0, 0.05) is 18.3 Å². The van der Waals surface area contributed by atoms with Crippen molar-refractivity contribution in [2.45, 2.75) is 18.8 Å². The Morgan fingerprint density at radius 1 is 0.875 bits per heavy atom. The van der Waals surface area contributed by atoms with E-state index >= 15 is 0 Å². The van der Waals surface area contributed by atoms with E-state index in [9.17, 15) is 4.79 Å². The molecule has 0 saturated carbocycles. The Balaban J connectivity index is 1.86. The Bertz CT molecular complexity index is 744. The van der Waals surface area contributed by atoms with Crippen molar-refractivity contribution in [3.63, 3.8) is 0 Å². The molecule has 1 aromatic heterocycles. The van der Waals surface area contributed by atoms with E-state index in [0.29, 0.717) is 0 Å². The number of nitrogens with zero attached hydrogens (tertiary/aromatic N) is 1. The fraction of sp³-hybridized carbons (Fsp3) is 0.143. The molecule has 3 rings (SSSR count). The molecule has 0 radical (unpaired) electrons. The quantitative estimate of drug-likeness (QED) is 0.745. The lowest BCUT2D eigenvalue weighted by Gasteiger charge is -2.18. The van der Waals surface area contributed by atoms with Gasteiger partial charge in [0.15, 0.2) is 0 Å². The zero-order valence-electron chi connectivity index (χ0n) is 13.3. The van der Waals surface area contributed by atoms with Crippen LogP contribution in [0.25, 0.3) is 0 Å². The van der Waals surface area contributed by atoms with Gasteiger partial charge >= 0.3 is 5.97 Å². The van der Waals surface area contributed by atoms with E-state index in [1.54, 1.807) is 6.20 Å². The van der Waals surface area contributed by atoms with Crippen LogP contribution >= 0.6 is 0 Å². The van der Waals surface area contributed by atoms with Crippen molar-refractivity contribution in [1.29, 1.82) is 0 Å². The third kappa shape index (κ3) is 4.07. The van der Waals surface area contributed by atoms with E-state index in [1.165, 1.54) is 16.7 Å². The van der Waals surface area contributed by atoms with Crippen LogP contribution in [-0.4, -0.2) is 16.1 Å². The average Bonchev–Trinajstić information content (AvgIpc) is 2.62. The lowest BCUT2D eigenvalue weighted by Crippen LogP contribution is -2.06. The van der Waals surface area contributed by atoms with Gasteiger partial charge in [0.05, 0.1) is 6.42 Å². The first-order valence-electron chi connectivity index (χ1n) is 7.97. The fourth-order valence-electron chi connectivity index (χ4n) is 2.90. The minimum absolute atomic E-state index is 0.0605. The smallest absolute Gasteiger partial charge is 0.307 e. The average molecular weight is 317 g/mol. The van der Waals surface area contributed by atoms with Gasteiger partial charge in [0.25, 0.3) is 0 Å². The first kappa shape index (κ1) is 15.9. The second-order valence-electron chi connectivity index (χ2n) is 5.84. The van der Waals surface area contributed by atoms with Crippen LogP contribution in [0.2, 0.25) is 0 Å². The van der Waals surface area contributed by atoms with Crippen LogP contribution in [0.5, 0.6) is 0 Å². The van der Waals surface area contributed by atoms with E-state index in [4.69, 9.17) is 5.11 Å². The topological polar surface area (TPSA) is 50.2 Å². The maximum atomic E-state index is 10.8. The van der Waals surface area contributed by atoms with Gasteiger partial charge in [-0.05, 0) is 34.7 Å². The monoisotopic (exact) mass is 317 g/mol. The number of benzene rings is 2. The molecule has 3 aromatic rings. The Kier molecular flexibility index (Phi) is 5.02. The van der Waals surface area contributed by atoms with Crippen LogP contribution in [0, 0.1) is 0 Å². The van der Waals surface area contributed by atoms with Crippen molar-refractivity contribution in [3.8, 4) is 0 Å². The molecule has 0 bridgehead atoms. The van der Waals surface area contributed by atoms with Gasteiger partial charge in [-0.3, -0.25) is 9.78 Å². The number of pyridine rings is 1. The molecule has 0 aliphatic rings. The number of aromatic nitrogens is 1. The van der Waals surface area contributed by atoms with Crippen molar-refractivity contribution in [2.24, 2.45) is 0 Å². The van der Waals surface area contributed by atoms with Crippen LogP contribution in [0.4, 0.5) is 0 Å². The number of carboxylic acids is 1. The van der Waals surface area contributed by atoms with Gasteiger partial charge in [0.1, 0.15) is 0 Å². The number of carboxylic acid groups (broad SMARTS) is 1. The summed E-state index contributed by atoms with van der Waals surface area (Å²) in [6, 6.07) is 22.3. The first-order valence-corrected chi connectivity index (χ1v) is 7.97. The third-order valence-electron chi connectivity index (χ3n) is 4.11. The van der Waals surface area contributed by atoms with Crippen LogP contribution < -0.4 is 0 Å². The SMILES string of the molecule is O=C(O)Cc1ccc(CC(c2ccccc2)c2cccnc2)cc1. The molecule has 0 spiro atoms. The molecule has 0 aliphatic carbocycles. The van der Waals surface area contributed by atoms with Gasteiger partial charge in [-0.2, -0.15) is 0 Å². The largest absolute Gasteiger partial charge is 0.481 e. The lowest BCUT2D eigenvalue weighted by atomic mass is 9.86. The molecule has 1 N–H and O–H groups in total. The van der Waals surface area contributed by atoms with Gasteiger partial charge in [-0.15, -0.1) is 0 Å². The molecule has 1 atom stereocenters. The van der Waals surface area contributed by atoms with Crippen molar-refractivity contribution in [2.75, 3.05) is 0 Å². The highest BCUT2D eigenvalue weighted by atomic mass is 16.4. The lowest BCUT2D eigenvalue weighted by molar-refractivity contribution is -0.136. The number of rotatable bonds is 6. The van der Waals surface area contributed by atoms with Crippen LogP contribution in [-0.2, 0) is 17.6 Å². The summed E-state index contributed by atoms with van der Waals surface area (Å²) in [7, 11) is 0. The summed E-state index contributed by atoms with van der Waals surface area (Å²) < 4.78 is 0. The van der Waals surface area contributed by atoms with Gasteiger partial charge in [-0.25, -0.2) is 0 Å². The summed E-state index contributed by atoms with van der Waals surface area (Å²) in [6.07, 6.45) is 4.61. The van der Waals surface area contributed by atoms with E-state index in [0.717, 1.165) is 12.0 Å². The van der Waals surface area contributed by atoms with Crippen molar-refractivity contribution >= 4 is 5.97 Å². The van der Waals surface area contributed by atoms with Crippen molar-refractivity contribution in [1.82, 2.24) is 4.98 Å². The van der Waals surface area contributed by atoms with E-state index in [1.807, 2.05) is 42.6 Å². The highest BCUT2D eigenvalue weighted by Crippen LogP contribution is 2.28. The summed E-state index contributed by atoms with van der Waals surface area (Å²) in [5.74, 6) is -0.578. The predicted octanol–water partition coefficient (Wildman–Crippen LogP) is 4.08. The van der Waals surface area contributed by atoms with Crippen LogP contribution in [0.3, 0.4) is 0 Å². The summed E-state index contributed by atoms with van der Waals surface area (Å²) in [4.78, 5) is 15.0. The van der Waals surface area contributed by atoms with Crippen molar-refractivity contribution in [3.05, 3.63) is 101 Å². The number of aliphatic carboxylic acids is 1. The fourth-order valence-corrected chi connectivity index (χ4v) is 2.90. The number of carbonyl (C=O) groups is 1.